The maximum atomic E-state index is 11.9. The molecule has 1 aromatic carbocycles. The lowest BCUT2D eigenvalue weighted by atomic mass is 10.1. The number of hydrogen-bond acceptors (Lipinski definition) is 3. The van der Waals surface area contributed by atoms with Gasteiger partial charge in [-0.2, -0.15) is 0 Å². The van der Waals surface area contributed by atoms with Gasteiger partial charge in [-0.05, 0) is 44.4 Å². The average Bonchev–Trinajstić information content (AvgIpc) is 3.15. The molecule has 4 nitrogen and oxygen atoms in total. The van der Waals surface area contributed by atoms with Gasteiger partial charge in [-0.15, -0.1) is 0 Å². The maximum Gasteiger partial charge on any atom is 0.251 e. The number of ether oxygens (including phenoxy) is 1. The maximum absolute atomic E-state index is 11.9. The summed E-state index contributed by atoms with van der Waals surface area (Å²) in [6.07, 6.45) is 3.60. The van der Waals surface area contributed by atoms with Gasteiger partial charge in [-0.25, -0.2) is 4.99 Å². The van der Waals surface area contributed by atoms with E-state index in [4.69, 9.17) is 4.74 Å². The molecular weight excluding hydrogens is 228 g/mol. The van der Waals surface area contributed by atoms with E-state index in [1.165, 1.54) is 6.40 Å². The minimum atomic E-state index is -0.0228. The van der Waals surface area contributed by atoms with E-state index in [1.54, 1.807) is 6.07 Å². The molecule has 1 fully saturated rings. The van der Waals surface area contributed by atoms with E-state index in [0.717, 1.165) is 24.1 Å². The average molecular weight is 246 g/mol. The third-order valence-corrected chi connectivity index (χ3v) is 2.82. The summed E-state index contributed by atoms with van der Waals surface area (Å²) in [6.45, 7) is 4.45. The van der Waals surface area contributed by atoms with Crippen LogP contribution >= 0.6 is 0 Å². The van der Waals surface area contributed by atoms with E-state index in [1.807, 2.05) is 26.0 Å². The van der Waals surface area contributed by atoms with Crippen LogP contribution in [-0.4, -0.2) is 25.0 Å². The molecule has 0 saturated heterocycles. The predicted octanol–water partition coefficient (Wildman–Crippen LogP) is 2.58. The summed E-state index contributed by atoms with van der Waals surface area (Å²) in [4.78, 5) is 16.1. The Bertz CT molecular complexity index is 465. The molecule has 0 bridgehead atoms. The smallest absolute Gasteiger partial charge is 0.251 e. The zero-order chi connectivity index (χ0) is 13.0. The first-order valence-electron chi connectivity index (χ1n) is 6.26. The van der Waals surface area contributed by atoms with Crippen molar-refractivity contribution < 1.29 is 9.53 Å². The number of benzene rings is 1. The number of rotatable bonds is 5. The molecule has 0 aromatic heterocycles. The van der Waals surface area contributed by atoms with Gasteiger partial charge in [-0.3, -0.25) is 4.79 Å². The van der Waals surface area contributed by atoms with E-state index in [2.05, 4.69) is 10.3 Å². The van der Waals surface area contributed by atoms with Crippen LogP contribution in [0.2, 0.25) is 0 Å². The summed E-state index contributed by atoms with van der Waals surface area (Å²) in [5.41, 5.74) is 2.44. The van der Waals surface area contributed by atoms with Gasteiger partial charge in [0.05, 0.1) is 12.3 Å². The number of aliphatic imine (C=N–C) groups is 1. The molecule has 0 heterocycles. The molecule has 18 heavy (non-hydrogen) atoms. The summed E-state index contributed by atoms with van der Waals surface area (Å²) < 4.78 is 5.08. The summed E-state index contributed by atoms with van der Waals surface area (Å²) in [7, 11) is 0. The molecule has 0 radical (unpaired) electrons. The Kier molecular flexibility index (Phi) is 3.97. The second-order valence-corrected chi connectivity index (χ2v) is 4.44. The number of nitrogens with zero attached hydrogens (tertiary/aromatic N) is 1. The highest BCUT2D eigenvalue weighted by Gasteiger charge is 2.23. The lowest BCUT2D eigenvalue weighted by molar-refractivity contribution is 0.0951. The molecule has 4 heteroatoms. The lowest BCUT2D eigenvalue weighted by Crippen LogP contribution is -2.25. The minimum Gasteiger partial charge on any atom is -0.483 e. The Morgan fingerprint density at radius 1 is 1.56 bits per heavy atom. The molecule has 1 aromatic rings. The van der Waals surface area contributed by atoms with Crippen LogP contribution in [0.3, 0.4) is 0 Å². The molecule has 1 saturated carbocycles. The van der Waals surface area contributed by atoms with Crippen LogP contribution in [0, 0.1) is 6.92 Å². The van der Waals surface area contributed by atoms with Gasteiger partial charge < -0.3 is 10.1 Å². The van der Waals surface area contributed by atoms with Crippen LogP contribution < -0.4 is 5.32 Å². The summed E-state index contributed by atoms with van der Waals surface area (Å²) in [6, 6.07) is 5.89. The van der Waals surface area contributed by atoms with E-state index in [0.29, 0.717) is 18.2 Å². The molecular formula is C14H18N2O2. The van der Waals surface area contributed by atoms with Crippen molar-refractivity contribution in [1.82, 2.24) is 5.32 Å². The molecule has 1 aliphatic rings. The van der Waals surface area contributed by atoms with Crippen molar-refractivity contribution >= 4 is 18.0 Å². The van der Waals surface area contributed by atoms with Crippen molar-refractivity contribution in [2.75, 3.05) is 6.61 Å². The number of hydrogen-bond donors (Lipinski definition) is 1. The van der Waals surface area contributed by atoms with E-state index < -0.39 is 0 Å². The molecule has 0 aliphatic heterocycles. The molecule has 0 atom stereocenters. The van der Waals surface area contributed by atoms with Crippen LogP contribution in [0.1, 0.15) is 35.7 Å². The second-order valence-electron chi connectivity index (χ2n) is 4.44. The van der Waals surface area contributed by atoms with Gasteiger partial charge in [0.1, 0.15) is 0 Å². The van der Waals surface area contributed by atoms with Crippen LogP contribution in [-0.2, 0) is 4.74 Å². The van der Waals surface area contributed by atoms with Gasteiger partial charge in [0.25, 0.3) is 5.91 Å². The normalized spacial score (nSPS) is 14.8. The number of carbonyl (C=O) groups is 1. The Morgan fingerprint density at radius 2 is 2.33 bits per heavy atom. The highest BCUT2D eigenvalue weighted by Crippen LogP contribution is 2.22. The summed E-state index contributed by atoms with van der Waals surface area (Å²) in [5.74, 6) is -0.0228. The standard InChI is InChI=1S/C14H18N2O2/c1-3-18-9-15-13-8-11(5-4-10(13)2)14(17)16-12-6-7-12/h4-5,8-9,12H,3,6-7H2,1-2H3,(H,16,17)/b15-9-. The zero-order valence-electron chi connectivity index (χ0n) is 10.8. The van der Waals surface area contributed by atoms with Crippen molar-refractivity contribution in [1.29, 1.82) is 0 Å². The molecule has 1 amide bonds. The topological polar surface area (TPSA) is 50.7 Å². The Balaban J connectivity index is 2.11. The number of aryl methyl sites for hydroxylation is 1. The zero-order valence-corrected chi connectivity index (χ0v) is 10.8. The summed E-state index contributed by atoms with van der Waals surface area (Å²) in [5, 5.41) is 2.96. The van der Waals surface area contributed by atoms with Gasteiger partial charge in [-0.1, -0.05) is 6.07 Å². The first kappa shape index (κ1) is 12.6. The van der Waals surface area contributed by atoms with Gasteiger partial charge >= 0.3 is 0 Å². The van der Waals surface area contributed by atoms with Gasteiger partial charge in [0.15, 0.2) is 6.40 Å². The van der Waals surface area contributed by atoms with Crippen LogP contribution in [0.4, 0.5) is 5.69 Å². The number of nitrogens with one attached hydrogen (secondary N) is 1. The molecule has 2 rings (SSSR count). The Labute approximate surface area is 107 Å². The number of carbonyl (C=O) groups excluding carboxylic acids is 1. The lowest BCUT2D eigenvalue weighted by Gasteiger charge is -2.06. The predicted molar refractivity (Wildman–Crippen MR) is 71.4 cm³/mol. The van der Waals surface area contributed by atoms with Crippen molar-refractivity contribution in [2.45, 2.75) is 32.7 Å². The largest absolute Gasteiger partial charge is 0.483 e. The highest BCUT2D eigenvalue weighted by molar-refractivity contribution is 5.95. The molecule has 96 valence electrons. The third-order valence-electron chi connectivity index (χ3n) is 2.82. The molecule has 0 unspecified atom stereocenters. The fourth-order valence-electron chi connectivity index (χ4n) is 1.55. The van der Waals surface area contributed by atoms with E-state index >= 15 is 0 Å². The van der Waals surface area contributed by atoms with Gasteiger partial charge in [0.2, 0.25) is 0 Å². The fourth-order valence-corrected chi connectivity index (χ4v) is 1.55. The summed E-state index contributed by atoms with van der Waals surface area (Å²) >= 11 is 0. The highest BCUT2D eigenvalue weighted by atomic mass is 16.5. The van der Waals surface area contributed by atoms with Crippen molar-refractivity contribution in [2.24, 2.45) is 4.99 Å². The number of amides is 1. The molecule has 1 aliphatic carbocycles. The van der Waals surface area contributed by atoms with E-state index in [-0.39, 0.29) is 5.91 Å². The third kappa shape index (κ3) is 3.32. The first-order chi connectivity index (χ1) is 8.70. The van der Waals surface area contributed by atoms with Crippen molar-refractivity contribution in [3.63, 3.8) is 0 Å². The van der Waals surface area contributed by atoms with Crippen LogP contribution in [0.25, 0.3) is 0 Å². The van der Waals surface area contributed by atoms with Crippen LogP contribution in [0.15, 0.2) is 23.2 Å². The second kappa shape index (κ2) is 5.67. The Morgan fingerprint density at radius 3 is 3.00 bits per heavy atom. The monoisotopic (exact) mass is 246 g/mol. The van der Waals surface area contributed by atoms with Gasteiger partial charge in [0, 0.05) is 11.6 Å². The minimum absolute atomic E-state index is 0.0228. The first-order valence-corrected chi connectivity index (χ1v) is 6.26. The fraction of sp³-hybridized carbons (Fsp3) is 0.429. The van der Waals surface area contributed by atoms with Crippen molar-refractivity contribution in [3.05, 3.63) is 29.3 Å². The molecule has 1 N–H and O–H groups in total. The quantitative estimate of drug-likeness (QED) is 0.641. The Hall–Kier alpha value is -1.84. The molecule has 0 spiro atoms. The van der Waals surface area contributed by atoms with Crippen molar-refractivity contribution in [3.8, 4) is 0 Å². The SMILES string of the molecule is CCO/C=N\c1cc(C(=O)NC2CC2)ccc1C. The van der Waals surface area contributed by atoms with E-state index in [9.17, 15) is 4.79 Å². The van der Waals surface area contributed by atoms with Crippen LogP contribution in [0.5, 0.6) is 0 Å².